The predicted molar refractivity (Wildman–Crippen MR) is 61.9 cm³/mol. The van der Waals surface area contributed by atoms with Crippen LogP contribution in [0.15, 0.2) is 0 Å². The van der Waals surface area contributed by atoms with Gasteiger partial charge in [-0.1, -0.05) is 0 Å². The number of rotatable bonds is 0. The zero-order valence-corrected chi connectivity index (χ0v) is 12.5. The molecule has 0 N–H and O–H groups in total. The van der Waals surface area contributed by atoms with E-state index in [9.17, 15) is 35.1 Å². The third-order valence-electron chi connectivity index (χ3n) is 3.43. The van der Waals surface area contributed by atoms with Crippen LogP contribution in [0.2, 0.25) is 0 Å². The Morgan fingerprint density at radius 1 is 0.385 bits per heavy atom. The molecule has 26 heavy (non-hydrogen) atoms. The summed E-state index contributed by atoms with van der Waals surface area (Å²) in [6.07, 6.45) is 0. The average Bonchev–Trinajstić information content (AvgIpc) is 3.10. The fourth-order valence-corrected chi connectivity index (χ4v) is 4.61. The molecule has 2 heterocycles. The van der Waals surface area contributed by atoms with Crippen molar-refractivity contribution in [2.75, 3.05) is 0 Å². The number of hydrogen-bond donors (Lipinski definition) is 0. The van der Waals surface area contributed by atoms with E-state index in [0.717, 1.165) is 0 Å². The molecule has 0 saturated carbocycles. The molecule has 2 aromatic carbocycles. The third kappa shape index (κ3) is 1.81. The summed E-state index contributed by atoms with van der Waals surface area (Å²) >= 11 is 0. The Hall–Kier alpha value is -2.77. The predicted octanol–water partition coefficient (Wildman–Crippen LogP) is 3.90. The average molecular weight is 407 g/mol. The molecule has 4 nitrogen and oxygen atoms in total. The first kappa shape index (κ1) is 16.7. The first-order chi connectivity index (χ1) is 12.0. The van der Waals surface area contributed by atoms with E-state index < -0.39 is 78.2 Å². The van der Waals surface area contributed by atoms with Crippen LogP contribution in [-0.2, 0) is 0 Å². The number of hydrogen-bond acceptors (Lipinski definition) is 4. The Bertz CT molecular complexity index is 866. The molecule has 1 spiro atoms. The van der Waals surface area contributed by atoms with E-state index in [1.165, 1.54) is 0 Å². The standard InChI is InChI=1S/C12F9O4Si/c13-1-2(14)6(18)10-9(5(1)17)22-26(21,23-10)24-11-7(19)3(15)4(16)8(20)12(11)25-26/q-1. The van der Waals surface area contributed by atoms with Crippen molar-refractivity contribution in [3.8, 4) is 23.0 Å². The Labute approximate surface area is 136 Å². The Kier molecular flexibility index (Phi) is 2.88. The van der Waals surface area contributed by atoms with Crippen LogP contribution in [0.4, 0.5) is 39.2 Å². The van der Waals surface area contributed by atoms with Crippen LogP contribution in [0, 0.1) is 46.5 Å². The van der Waals surface area contributed by atoms with Gasteiger partial charge in [0.25, 0.3) is 0 Å². The van der Waals surface area contributed by atoms with Gasteiger partial charge in [-0.05, 0) is 0 Å². The monoisotopic (exact) mass is 407 g/mol. The SMILES string of the molecule is Fc1c(F)c(F)c2c(c1F)O[Si-]1(F)(O2)Oc2c(F)c(F)c(F)c(F)c2O1. The molecule has 0 unspecified atom stereocenters. The van der Waals surface area contributed by atoms with Crippen LogP contribution in [0.1, 0.15) is 0 Å². The van der Waals surface area contributed by atoms with Crippen LogP contribution in [0.3, 0.4) is 0 Å². The van der Waals surface area contributed by atoms with Crippen molar-refractivity contribution in [2.24, 2.45) is 0 Å². The van der Waals surface area contributed by atoms with Gasteiger partial charge in [-0.15, -0.1) is 0 Å². The van der Waals surface area contributed by atoms with Gasteiger partial charge in [0.1, 0.15) is 0 Å². The van der Waals surface area contributed by atoms with Crippen LogP contribution in [0.25, 0.3) is 0 Å². The van der Waals surface area contributed by atoms with Gasteiger partial charge < -0.3 is 0 Å². The van der Waals surface area contributed by atoms with Gasteiger partial charge in [0.05, 0.1) is 0 Å². The second kappa shape index (κ2) is 4.49. The Balaban J connectivity index is 1.90. The van der Waals surface area contributed by atoms with E-state index in [2.05, 4.69) is 17.7 Å². The molecule has 0 fully saturated rings. The van der Waals surface area contributed by atoms with Crippen molar-refractivity contribution in [3.05, 3.63) is 46.5 Å². The molecule has 0 aliphatic carbocycles. The summed E-state index contributed by atoms with van der Waals surface area (Å²) < 4.78 is 139. The molecular weight excluding hydrogens is 407 g/mol. The van der Waals surface area contributed by atoms with Crippen molar-refractivity contribution in [2.45, 2.75) is 0 Å². The number of fused-ring (bicyclic) bond motifs is 2. The molecule has 0 aromatic heterocycles. The topological polar surface area (TPSA) is 36.9 Å². The number of benzene rings is 2. The van der Waals surface area contributed by atoms with E-state index in [0.29, 0.717) is 0 Å². The third-order valence-corrected chi connectivity index (χ3v) is 5.55. The summed E-state index contributed by atoms with van der Waals surface area (Å²) in [6.45, 7) is 0. The molecule has 0 amide bonds. The zero-order valence-electron chi connectivity index (χ0n) is 11.5. The summed E-state index contributed by atoms with van der Waals surface area (Å²) in [5.74, 6) is -25.6. The second-order valence-electron chi connectivity index (χ2n) is 5.05. The summed E-state index contributed by atoms with van der Waals surface area (Å²) in [4.78, 5) is 0. The summed E-state index contributed by atoms with van der Waals surface area (Å²) in [5.41, 5.74) is 0. The van der Waals surface area contributed by atoms with Crippen molar-refractivity contribution in [3.63, 3.8) is 0 Å². The molecule has 2 aliphatic rings. The Morgan fingerprint density at radius 2 is 0.577 bits per heavy atom. The van der Waals surface area contributed by atoms with Gasteiger partial charge >= 0.3 is 135 Å². The van der Waals surface area contributed by atoms with Crippen LogP contribution in [0.5, 0.6) is 23.0 Å². The van der Waals surface area contributed by atoms with Gasteiger partial charge in [0, 0.05) is 0 Å². The first-order valence-electron chi connectivity index (χ1n) is 6.33. The van der Waals surface area contributed by atoms with Crippen molar-refractivity contribution < 1.29 is 56.9 Å². The summed E-state index contributed by atoms with van der Waals surface area (Å²) in [6, 6.07) is 0. The normalized spacial score (nSPS) is 19.5. The second-order valence-corrected chi connectivity index (χ2v) is 7.48. The first-order valence-corrected chi connectivity index (χ1v) is 8.34. The molecule has 0 radical (unpaired) electrons. The van der Waals surface area contributed by atoms with Crippen molar-refractivity contribution >= 4 is 8.66 Å². The van der Waals surface area contributed by atoms with Crippen molar-refractivity contribution in [1.82, 2.24) is 0 Å². The van der Waals surface area contributed by atoms with Gasteiger partial charge in [0.15, 0.2) is 0 Å². The minimum absolute atomic E-state index is 1.70. The minimum atomic E-state index is -7.22. The van der Waals surface area contributed by atoms with E-state index in [1.54, 1.807) is 0 Å². The molecule has 4 rings (SSSR count). The summed E-state index contributed by atoms with van der Waals surface area (Å²) in [5, 5.41) is 0. The molecule has 0 bridgehead atoms. The van der Waals surface area contributed by atoms with E-state index in [4.69, 9.17) is 0 Å². The fourth-order valence-electron chi connectivity index (χ4n) is 2.33. The van der Waals surface area contributed by atoms with E-state index >= 15 is 4.11 Å². The molecule has 140 valence electrons. The molecule has 0 saturated heterocycles. The van der Waals surface area contributed by atoms with Gasteiger partial charge in [-0.25, -0.2) is 0 Å². The van der Waals surface area contributed by atoms with E-state index in [-0.39, 0.29) is 0 Å². The maximum absolute atomic E-state index is 15.2. The van der Waals surface area contributed by atoms with Crippen LogP contribution < -0.4 is 17.7 Å². The van der Waals surface area contributed by atoms with Gasteiger partial charge in [-0.3, -0.25) is 0 Å². The quantitative estimate of drug-likeness (QED) is 0.218. The Morgan fingerprint density at radius 3 is 0.769 bits per heavy atom. The van der Waals surface area contributed by atoms with Gasteiger partial charge in [-0.2, -0.15) is 0 Å². The molecular formula is C12F9O4Si-. The fraction of sp³-hybridized carbons (Fsp3) is 0. The van der Waals surface area contributed by atoms with Gasteiger partial charge in [0.2, 0.25) is 0 Å². The molecule has 2 aliphatic heterocycles. The van der Waals surface area contributed by atoms with E-state index in [1.807, 2.05) is 0 Å². The van der Waals surface area contributed by atoms with Crippen molar-refractivity contribution in [1.29, 1.82) is 0 Å². The number of halogens is 9. The van der Waals surface area contributed by atoms with Crippen LogP contribution >= 0.6 is 0 Å². The zero-order chi connectivity index (χ0) is 19.2. The van der Waals surface area contributed by atoms with Crippen LogP contribution in [-0.4, -0.2) is 8.66 Å². The molecule has 2 aromatic rings. The summed E-state index contributed by atoms with van der Waals surface area (Å²) in [7, 11) is -7.22. The maximum atomic E-state index is 15.2. The molecule has 0 atom stereocenters. The molecule has 14 heteroatoms.